The molecule has 0 fully saturated rings. The van der Waals surface area contributed by atoms with Crippen LogP contribution in [0.1, 0.15) is 26.3 Å². The predicted molar refractivity (Wildman–Crippen MR) is 90.8 cm³/mol. The number of esters is 1. The fourth-order valence-electron chi connectivity index (χ4n) is 1.66. The third-order valence-electron chi connectivity index (χ3n) is 2.69. The van der Waals surface area contributed by atoms with Crippen molar-refractivity contribution < 1.29 is 9.53 Å². The number of ether oxygens (including phenoxy) is 1. The Hall–Kier alpha value is -2.60. The van der Waals surface area contributed by atoms with Crippen molar-refractivity contribution in [3.05, 3.63) is 66.8 Å². The molecule has 0 aliphatic carbocycles. The smallest absolute Gasteiger partial charge is 0.302 e. The van der Waals surface area contributed by atoms with E-state index in [1.54, 1.807) is 24.3 Å². The lowest BCUT2D eigenvalue weighted by Crippen LogP contribution is -2.21. The zero-order valence-electron chi connectivity index (χ0n) is 13.5. The van der Waals surface area contributed by atoms with Gasteiger partial charge < -0.3 is 4.74 Å². The molecule has 0 saturated heterocycles. The molecule has 0 atom stereocenters. The van der Waals surface area contributed by atoms with Crippen LogP contribution in [-0.4, -0.2) is 12.6 Å². The predicted octanol–water partition coefficient (Wildman–Crippen LogP) is 4.54. The van der Waals surface area contributed by atoms with E-state index in [4.69, 9.17) is 10.00 Å². The number of nitriles is 1. The Morgan fingerprint density at radius 2 is 1.82 bits per heavy atom. The van der Waals surface area contributed by atoms with Gasteiger partial charge in [0.2, 0.25) is 0 Å². The second-order valence-corrected chi connectivity index (χ2v) is 4.55. The second-order valence-electron chi connectivity index (χ2n) is 4.55. The maximum absolute atomic E-state index is 10.6. The van der Waals surface area contributed by atoms with Gasteiger partial charge in [-0.25, -0.2) is 0 Å². The highest BCUT2D eigenvalue weighted by molar-refractivity contribution is 5.66. The summed E-state index contributed by atoms with van der Waals surface area (Å²) in [7, 11) is 0. The van der Waals surface area contributed by atoms with E-state index in [0.29, 0.717) is 0 Å². The SMILES string of the molecule is C=Cc1ccccc1.CC=CC(C#N)(C=CC)COC(C)=O. The van der Waals surface area contributed by atoms with E-state index >= 15 is 0 Å². The van der Waals surface area contributed by atoms with Crippen LogP contribution in [-0.2, 0) is 9.53 Å². The van der Waals surface area contributed by atoms with Crippen LogP contribution in [0, 0.1) is 16.7 Å². The molecule has 0 saturated carbocycles. The quantitative estimate of drug-likeness (QED) is 0.592. The van der Waals surface area contributed by atoms with Crippen molar-refractivity contribution in [3.8, 4) is 6.07 Å². The number of carbonyl (C=O) groups is 1. The van der Waals surface area contributed by atoms with Gasteiger partial charge in [-0.05, 0) is 19.4 Å². The van der Waals surface area contributed by atoms with Crippen molar-refractivity contribution in [3.63, 3.8) is 0 Å². The van der Waals surface area contributed by atoms with Gasteiger partial charge >= 0.3 is 5.97 Å². The molecule has 0 bridgehead atoms. The minimum absolute atomic E-state index is 0.0630. The van der Waals surface area contributed by atoms with Crippen LogP contribution in [0.2, 0.25) is 0 Å². The molecule has 0 aliphatic heterocycles. The summed E-state index contributed by atoms with van der Waals surface area (Å²) in [5, 5.41) is 9.01. The molecule has 3 heteroatoms. The molecule has 0 aromatic heterocycles. The number of rotatable bonds is 5. The second kappa shape index (κ2) is 11.1. The molecule has 22 heavy (non-hydrogen) atoms. The first-order valence-corrected chi connectivity index (χ1v) is 7.03. The van der Waals surface area contributed by atoms with E-state index < -0.39 is 5.41 Å². The fraction of sp³-hybridized carbons (Fsp3) is 0.263. The van der Waals surface area contributed by atoms with E-state index in [2.05, 4.69) is 12.6 Å². The van der Waals surface area contributed by atoms with E-state index in [-0.39, 0.29) is 12.6 Å². The summed E-state index contributed by atoms with van der Waals surface area (Å²) in [6, 6.07) is 12.2. The average molecular weight is 297 g/mol. The first-order valence-electron chi connectivity index (χ1n) is 7.03. The number of nitrogens with zero attached hydrogens (tertiary/aromatic N) is 1. The molecule has 3 nitrogen and oxygen atoms in total. The first-order chi connectivity index (χ1) is 10.5. The highest BCUT2D eigenvalue weighted by Gasteiger charge is 2.24. The minimum Gasteiger partial charge on any atom is -0.463 e. The normalized spacial score (nSPS) is 12.8. The van der Waals surface area contributed by atoms with Gasteiger partial charge in [-0.3, -0.25) is 4.79 Å². The highest BCUT2D eigenvalue weighted by Crippen LogP contribution is 2.21. The van der Waals surface area contributed by atoms with Crippen LogP contribution in [0.15, 0.2) is 61.2 Å². The topological polar surface area (TPSA) is 50.1 Å². The van der Waals surface area contributed by atoms with Crippen molar-refractivity contribution in [2.45, 2.75) is 20.8 Å². The zero-order valence-corrected chi connectivity index (χ0v) is 13.5. The van der Waals surface area contributed by atoms with E-state index in [9.17, 15) is 4.79 Å². The maximum Gasteiger partial charge on any atom is 0.302 e. The average Bonchev–Trinajstić information content (AvgIpc) is 2.54. The van der Waals surface area contributed by atoms with Crippen molar-refractivity contribution in [1.82, 2.24) is 0 Å². The van der Waals surface area contributed by atoms with Crippen LogP contribution in [0.4, 0.5) is 0 Å². The van der Waals surface area contributed by atoms with E-state index in [1.165, 1.54) is 12.5 Å². The largest absolute Gasteiger partial charge is 0.463 e. The van der Waals surface area contributed by atoms with E-state index in [0.717, 1.165) is 0 Å². The molecule has 0 unspecified atom stereocenters. The lowest BCUT2D eigenvalue weighted by molar-refractivity contribution is -0.142. The number of hydrogen-bond acceptors (Lipinski definition) is 3. The van der Waals surface area contributed by atoms with Gasteiger partial charge in [0.15, 0.2) is 0 Å². The Balaban J connectivity index is 0.000000461. The Bertz CT molecular complexity index is 539. The van der Waals surface area contributed by atoms with Crippen LogP contribution < -0.4 is 0 Å². The summed E-state index contributed by atoms with van der Waals surface area (Å²) >= 11 is 0. The third-order valence-corrected chi connectivity index (χ3v) is 2.69. The molecule has 1 rings (SSSR count). The van der Waals surface area contributed by atoms with Crippen LogP contribution >= 0.6 is 0 Å². The Kier molecular flexibility index (Phi) is 9.79. The molecule has 0 spiro atoms. The highest BCUT2D eigenvalue weighted by atomic mass is 16.5. The molecule has 0 aliphatic rings. The third kappa shape index (κ3) is 7.86. The lowest BCUT2D eigenvalue weighted by Gasteiger charge is -2.17. The first kappa shape index (κ1) is 19.4. The van der Waals surface area contributed by atoms with Gasteiger partial charge in [-0.2, -0.15) is 5.26 Å². The molecule has 1 aromatic rings. The van der Waals surface area contributed by atoms with Crippen molar-refractivity contribution in [2.24, 2.45) is 5.41 Å². The fourth-order valence-corrected chi connectivity index (χ4v) is 1.66. The standard InChI is InChI=1S/C11H15NO2.C8H8/c1-4-6-11(8-12,7-5-2)9-14-10(3)13;1-2-8-6-4-3-5-7-8/h4-7H,9H2,1-3H3;2-7H,1H2. The molecule has 0 N–H and O–H groups in total. The van der Waals surface area contributed by atoms with Crippen molar-refractivity contribution >= 4 is 12.0 Å². The molecule has 0 radical (unpaired) electrons. The number of hydrogen-bond donors (Lipinski definition) is 0. The number of carbonyl (C=O) groups excluding carboxylic acids is 1. The summed E-state index contributed by atoms with van der Waals surface area (Å²) in [6.07, 6.45) is 8.81. The Labute approximate surface area is 133 Å². The Morgan fingerprint density at radius 1 is 1.27 bits per heavy atom. The van der Waals surface area contributed by atoms with Gasteiger partial charge in [0.25, 0.3) is 0 Å². The van der Waals surface area contributed by atoms with Crippen LogP contribution in [0.3, 0.4) is 0 Å². The monoisotopic (exact) mass is 297 g/mol. The maximum atomic E-state index is 10.6. The summed E-state index contributed by atoms with van der Waals surface area (Å²) in [5.41, 5.74) is 0.349. The summed E-state index contributed by atoms with van der Waals surface area (Å²) < 4.78 is 4.84. The van der Waals surface area contributed by atoms with Crippen molar-refractivity contribution in [2.75, 3.05) is 6.61 Å². The summed E-state index contributed by atoms with van der Waals surface area (Å²) in [6.45, 7) is 8.67. The van der Waals surface area contributed by atoms with Gasteiger partial charge in [0.1, 0.15) is 12.0 Å². The Morgan fingerprint density at radius 3 is 2.14 bits per heavy atom. The van der Waals surface area contributed by atoms with Gasteiger partial charge in [-0.1, -0.05) is 67.3 Å². The van der Waals surface area contributed by atoms with Crippen molar-refractivity contribution in [1.29, 1.82) is 5.26 Å². The number of benzene rings is 1. The molecule has 116 valence electrons. The number of allylic oxidation sites excluding steroid dienone is 2. The minimum atomic E-state index is -0.824. The van der Waals surface area contributed by atoms with Gasteiger partial charge in [0, 0.05) is 6.92 Å². The van der Waals surface area contributed by atoms with E-state index in [1.807, 2.05) is 50.3 Å². The van der Waals surface area contributed by atoms with Gasteiger partial charge in [-0.15, -0.1) is 0 Å². The molecule has 1 aromatic carbocycles. The molecular formula is C19H23NO2. The zero-order chi connectivity index (χ0) is 16.8. The van der Waals surface area contributed by atoms with Crippen LogP contribution in [0.25, 0.3) is 6.08 Å². The summed E-state index contributed by atoms with van der Waals surface area (Å²) in [4.78, 5) is 10.6. The molecule has 0 heterocycles. The lowest BCUT2D eigenvalue weighted by atomic mass is 9.90. The van der Waals surface area contributed by atoms with Gasteiger partial charge in [0.05, 0.1) is 6.07 Å². The molecule has 0 amide bonds. The van der Waals surface area contributed by atoms with Crippen LogP contribution in [0.5, 0.6) is 0 Å². The molecular weight excluding hydrogens is 274 g/mol. The summed E-state index contributed by atoms with van der Waals surface area (Å²) in [5.74, 6) is -0.376.